The molecule has 0 bridgehead atoms. The molecule has 4 rings (SSSR count). The number of hydrogen-bond acceptors (Lipinski definition) is 8. The first kappa shape index (κ1) is 23.6. The smallest absolute Gasteiger partial charge is 0.266 e. The van der Waals surface area contributed by atoms with Crippen LogP contribution < -0.4 is 19.5 Å². The quantitative estimate of drug-likeness (QED) is 0.351. The van der Waals surface area contributed by atoms with Crippen molar-refractivity contribution in [2.45, 2.75) is 31.3 Å². The molecule has 2 aromatic carbocycles. The van der Waals surface area contributed by atoms with Crippen LogP contribution in [0.2, 0.25) is 0 Å². The van der Waals surface area contributed by atoms with E-state index in [1.807, 2.05) is 32.3 Å². The summed E-state index contributed by atoms with van der Waals surface area (Å²) in [4.78, 5) is 0.0251. The third kappa shape index (κ3) is 4.70. The maximum atomic E-state index is 13.2. The van der Waals surface area contributed by atoms with Gasteiger partial charge in [-0.3, -0.25) is 9.40 Å². The Hall–Kier alpha value is -3.57. The zero-order valence-corrected chi connectivity index (χ0v) is 20.3. The molecule has 0 unspecified atom stereocenters. The maximum Gasteiger partial charge on any atom is 0.266 e. The highest BCUT2D eigenvalue weighted by Gasteiger charge is 2.25. The number of nitrogens with one attached hydrogen (secondary N) is 2. The summed E-state index contributed by atoms with van der Waals surface area (Å²) in [5.74, 6) is 0.713. The van der Waals surface area contributed by atoms with Crippen molar-refractivity contribution >= 4 is 26.8 Å². The molecular weight excluding hydrogens is 458 g/mol. The maximum absolute atomic E-state index is 13.2. The monoisotopic (exact) mass is 485 g/mol. The predicted octanol–water partition coefficient (Wildman–Crippen LogP) is 3.17. The van der Waals surface area contributed by atoms with Gasteiger partial charge in [-0.1, -0.05) is 18.1 Å². The lowest BCUT2D eigenvalue weighted by molar-refractivity contribution is 0.402. The van der Waals surface area contributed by atoms with Gasteiger partial charge in [0.15, 0.2) is 11.4 Å². The van der Waals surface area contributed by atoms with Crippen molar-refractivity contribution in [2.75, 3.05) is 26.0 Å². The van der Waals surface area contributed by atoms with Gasteiger partial charge >= 0.3 is 0 Å². The highest BCUT2D eigenvalue weighted by Crippen LogP contribution is 2.36. The second-order valence-corrected chi connectivity index (χ2v) is 9.37. The Balaban J connectivity index is 1.68. The number of benzene rings is 2. The molecule has 0 spiro atoms. The summed E-state index contributed by atoms with van der Waals surface area (Å²) in [6.07, 6.45) is 4.43. The Morgan fingerprint density at radius 1 is 1.06 bits per heavy atom. The van der Waals surface area contributed by atoms with Crippen molar-refractivity contribution in [1.29, 1.82) is 0 Å². The van der Waals surface area contributed by atoms with E-state index in [1.165, 1.54) is 14.2 Å². The van der Waals surface area contributed by atoms with Crippen LogP contribution in [-0.2, 0) is 29.5 Å². The summed E-state index contributed by atoms with van der Waals surface area (Å²) in [6.45, 7) is 3.16. The normalized spacial score (nSPS) is 11.6. The van der Waals surface area contributed by atoms with E-state index in [0.29, 0.717) is 29.7 Å². The number of methoxy groups -OCH3 is 2. The van der Waals surface area contributed by atoms with Crippen molar-refractivity contribution in [3.05, 3.63) is 59.4 Å². The number of aryl methyl sites for hydroxylation is 1. The van der Waals surface area contributed by atoms with Gasteiger partial charge in [0.2, 0.25) is 0 Å². The molecule has 11 heteroatoms. The first-order valence-corrected chi connectivity index (χ1v) is 12.2. The Bertz CT molecular complexity index is 1410. The zero-order chi connectivity index (χ0) is 24.3. The van der Waals surface area contributed by atoms with Crippen LogP contribution in [0, 0.1) is 0 Å². The molecule has 0 aliphatic heterocycles. The summed E-state index contributed by atoms with van der Waals surface area (Å²) < 4.78 is 47.1. The van der Waals surface area contributed by atoms with Crippen LogP contribution in [0.4, 0.5) is 5.82 Å². The average molecular weight is 486 g/mol. The number of hydrogen-bond donors (Lipinski definition) is 2. The van der Waals surface area contributed by atoms with Crippen LogP contribution in [0.1, 0.15) is 23.6 Å². The Morgan fingerprint density at radius 2 is 1.85 bits per heavy atom. The number of aromatic nitrogens is 3. The highest BCUT2D eigenvalue weighted by molar-refractivity contribution is 7.92. The molecule has 2 heterocycles. The Labute approximate surface area is 197 Å². The van der Waals surface area contributed by atoms with Gasteiger partial charge in [0.1, 0.15) is 21.8 Å². The van der Waals surface area contributed by atoms with Crippen molar-refractivity contribution in [1.82, 2.24) is 20.3 Å². The highest BCUT2D eigenvalue weighted by atomic mass is 32.2. The lowest BCUT2D eigenvalue weighted by atomic mass is 10.1. The predicted molar refractivity (Wildman–Crippen MR) is 128 cm³/mol. The molecule has 0 saturated heterocycles. The molecule has 0 saturated carbocycles. The fourth-order valence-corrected chi connectivity index (χ4v) is 4.95. The molecule has 2 N–H and O–H groups in total. The van der Waals surface area contributed by atoms with Gasteiger partial charge in [-0.25, -0.2) is 8.42 Å². The van der Waals surface area contributed by atoms with E-state index in [0.717, 1.165) is 23.2 Å². The fourth-order valence-electron chi connectivity index (χ4n) is 3.72. The van der Waals surface area contributed by atoms with Crippen molar-refractivity contribution in [3.8, 4) is 11.5 Å². The molecular formula is C23H27N5O5S. The van der Waals surface area contributed by atoms with Crippen LogP contribution in [0.15, 0.2) is 52.1 Å². The van der Waals surface area contributed by atoms with Gasteiger partial charge < -0.3 is 19.3 Å². The molecule has 4 aromatic rings. The van der Waals surface area contributed by atoms with Gasteiger partial charge in [0.25, 0.3) is 10.0 Å². The van der Waals surface area contributed by atoms with Crippen LogP contribution in [0.25, 0.3) is 11.0 Å². The largest absolute Gasteiger partial charge is 0.496 e. The van der Waals surface area contributed by atoms with Gasteiger partial charge in [0, 0.05) is 18.3 Å². The molecule has 10 nitrogen and oxygen atoms in total. The number of sulfonamides is 1. The summed E-state index contributed by atoms with van der Waals surface area (Å²) >= 11 is 0. The minimum absolute atomic E-state index is 0.0251. The summed E-state index contributed by atoms with van der Waals surface area (Å²) in [6, 6.07) is 8.66. The SMILES string of the molecule is CCc1ccc(OC)c(S(=O)(=O)Nc2noc3cc(Cn4cc(CNC)cn4)cc(OC)c23)c1. The molecule has 0 radical (unpaired) electrons. The fraction of sp³-hybridized carbons (Fsp3) is 0.304. The molecule has 0 atom stereocenters. The molecule has 34 heavy (non-hydrogen) atoms. The van der Waals surface area contributed by atoms with Crippen molar-refractivity contribution < 1.29 is 22.4 Å². The van der Waals surface area contributed by atoms with Crippen LogP contribution in [-0.4, -0.2) is 44.6 Å². The molecule has 0 aliphatic carbocycles. The number of nitrogens with zero attached hydrogens (tertiary/aromatic N) is 3. The van der Waals surface area contributed by atoms with E-state index >= 15 is 0 Å². The second kappa shape index (κ2) is 9.74. The van der Waals surface area contributed by atoms with Gasteiger partial charge in [-0.05, 0) is 48.9 Å². The van der Waals surface area contributed by atoms with Gasteiger partial charge in [-0.15, -0.1) is 0 Å². The van der Waals surface area contributed by atoms with E-state index in [4.69, 9.17) is 14.0 Å². The molecule has 180 valence electrons. The van der Waals surface area contributed by atoms with Crippen molar-refractivity contribution in [2.24, 2.45) is 0 Å². The van der Waals surface area contributed by atoms with Crippen molar-refractivity contribution in [3.63, 3.8) is 0 Å². The Morgan fingerprint density at radius 3 is 2.56 bits per heavy atom. The van der Waals surface area contributed by atoms with Gasteiger partial charge in [-0.2, -0.15) is 5.10 Å². The number of anilines is 1. The first-order valence-electron chi connectivity index (χ1n) is 10.7. The average Bonchev–Trinajstić information content (AvgIpc) is 3.44. The van der Waals surface area contributed by atoms with Crippen LogP contribution in [0.3, 0.4) is 0 Å². The molecule has 2 aromatic heterocycles. The van der Waals surface area contributed by atoms with E-state index < -0.39 is 10.0 Å². The van der Waals surface area contributed by atoms with Crippen LogP contribution >= 0.6 is 0 Å². The summed E-state index contributed by atoms with van der Waals surface area (Å²) in [5.41, 5.74) is 3.19. The second-order valence-electron chi connectivity index (χ2n) is 7.72. The molecule has 0 aliphatic rings. The van der Waals surface area contributed by atoms with Crippen LogP contribution in [0.5, 0.6) is 11.5 Å². The third-order valence-electron chi connectivity index (χ3n) is 5.39. The number of ether oxygens (including phenoxy) is 2. The first-order chi connectivity index (χ1) is 16.4. The van der Waals surface area contributed by atoms with E-state index in [1.54, 1.807) is 29.1 Å². The molecule has 0 fully saturated rings. The lowest BCUT2D eigenvalue weighted by Gasteiger charge is -2.12. The summed E-state index contributed by atoms with van der Waals surface area (Å²) in [5, 5.41) is 11.9. The number of rotatable bonds is 10. The third-order valence-corrected chi connectivity index (χ3v) is 6.75. The van der Waals surface area contributed by atoms with E-state index in [9.17, 15) is 8.42 Å². The Kier molecular flexibility index (Phi) is 6.75. The minimum atomic E-state index is -4.01. The summed E-state index contributed by atoms with van der Waals surface area (Å²) in [7, 11) is 0.806. The van der Waals surface area contributed by atoms with E-state index in [2.05, 4.69) is 20.3 Å². The number of fused-ring (bicyclic) bond motifs is 1. The standard InChI is InChI=1S/C23H27N5O5S/c1-5-15-6-7-18(31-3)21(10-15)34(29,30)27-23-22-19(32-4)8-16(9-20(22)33-26-23)13-28-14-17(11-24-2)12-25-28/h6-10,12,14,24H,5,11,13H2,1-4H3,(H,26,27). The zero-order valence-electron chi connectivity index (χ0n) is 19.5. The van der Waals surface area contributed by atoms with Gasteiger partial charge in [0.05, 0.1) is 27.0 Å². The lowest BCUT2D eigenvalue weighted by Crippen LogP contribution is -2.15. The minimum Gasteiger partial charge on any atom is -0.496 e. The van der Waals surface area contributed by atoms with E-state index in [-0.39, 0.29) is 16.5 Å². The topological polar surface area (TPSA) is 121 Å². The molecule has 0 amide bonds.